The Bertz CT molecular complexity index is 798. The molecule has 4 aliphatic carbocycles. The minimum atomic E-state index is -0.469. The summed E-state index contributed by atoms with van der Waals surface area (Å²) in [5.74, 6) is 3.05. The first-order valence-electron chi connectivity index (χ1n) is 13.0. The van der Waals surface area contributed by atoms with Crippen LogP contribution in [0.25, 0.3) is 0 Å². The van der Waals surface area contributed by atoms with Crippen LogP contribution in [0.1, 0.15) is 86.5 Å². The zero-order valence-corrected chi connectivity index (χ0v) is 20.5. The van der Waals surface area contributed by atoms with Crippen molar-refractivity contribution in [2.24, 2.45) is 40.4 Å². The summed E-state index contributed by atoms with van der Waals surface area (Å²) in [4.78, 5) is 0. The molecule has 0 radical (unpaired) electrons. The highest BCUT2D eigenvalue weighted by Crippen LogP contribution is 2.72. The number of aliphatic hydroxyl groups excluding tert-OH is 2. The molecule has 31 heavy (non-hydrogen) atoms. The van der Waals surface area contributed by atoms with Crippen LogP contribution in [0.5, 0.6) is 0 Å². The van der Waals surface area contributed by atoms with E-state index in [0.29, 0.717) is 36.0 Å². The average Bonchev–Trinajstić information content (AvgIpc) is 3.34. The minimum Gasteiger partial charge on any atom is -0.393 e. The zero-order chi connectivity index (χ0) is 22.3. The molecule has 1 aliphatic heterocycles. The molecule has 3 fully saturated rings. The lowest BCUT2D eigenvalue weighted by Crippen LogP contribution is -2.55. The molecule has 10 atom stereocenters. The number of allylic oxidation sites excluding steroid dienone is 2. The van der Waals surface area contributed by atoms with Gasteiger partial charge in [0.05, 0.1) is 6.10 Å². The summed E-state index contributed by atoms with van der Waals surface area (Å²) in [6.45, 7) is 14.3. The molecule has 0 aromatic heterocycles. The molecule has 3 heteroatoms. The minimum absolute atomic E-state index is 0.00307. The Balaban J connectivity index is 1.45. The molecule has 1 spiro atoms. The quantitative estimate of drug-likeness (QED) is 0.449. The number of hydrogen-bond donors (Lipinski definition) is 2. The molecular weight excluding hydrogens is 384 g/mol. The van der Waals surface area contributed by atoms with E-state index in [9.17, 15) is 10.2 Å². The lowest BCUT2D eigenvalue weighted by Gasteiger charge is -2.54. The van der Waals surface area contributed by atoms with Gasteiger partial charge < -0.3 is 14.9 Å². The van der Waals surface area contributed by atoms with Crippen molar-refractivity contribution < 1.29 is 14.9 Å². The SMILES string of the molecule is CC(C)[C@H](C)/C=C/[C@@H](C)C1CCC2C3=C(CC[C@@]21C)[C@@]1(C)CC[C@H](O)C[C@@]12O[C@H]2[C@H]3O. The van der Waals surface area contributed by atoms with E-state index in [1.165, 1.54) is 30.4 Å². The molecule has 5 aliphatic rings. The molecule has 174 valence electrons. The lowest BCUT2D eigenvalue weighted by atomic mass is 9.50. The Morgan fingerprint density at radius 3 is 2.45 bits per heavy atom. The number of ether oxygens (including phenoxy) is 1. The Labute approximate surface area is 189 Å². The van der Waals surface area contributed by atoms with E-state index in [1.54, 1.807) is 0 Å². The second kappa shape index (κ2) is 7.18. The van der Waals surface area contributed by atoms with Crippen LogP contribution in [0.4, 0.5) is 0 Å². The van der Waals surface area contributed by atoms with E-state index in [0.717, 1.165) is 19.3 Å². The van der Waals surface area contributed by atoms with Crippen molar-refractivity contribution in [3.05, 3.63) is 23.3 Å². The molecule has 0 bridgehead atoms. The van der Waals surface area contributed by atoms with Crippen LogP contribution >= 0.6 is 0 Å². The maximum absolute atomic E-state index is 11.5. The highest BCUT2D eigenvalue weighted by atomic mass is 16.6. The Morgan fingerprint density at radius 1 is 1.00 bits per heavy atom. The average molecular weight is 429 g/mol. The van der Waals surface area contributed by atoms with E-state index in [4.69, 9.17) is 4.74 Å². The van der Waals surface area contributed by atoms with Gasteiger partial charge in [-0.05, 0) is 79.1 Å². The summed E-state index contributed by atoms with van der Waals surface area (Å²) >= 11 is 0. The molecule has 3 nitrogen and oxygen atoms in total. The predicted octanol–water partition coefficient (Wildman–Crippen LogP) is 5.66. The fourth-order valence-corrected chi connectivity index (χ4v) is 8.47. The normalized spacial score (nSPS) is 50.7. The Kier molecular flexibility index (Phi) is 5.13. The number of rotatable bonds is 4. The monoisotopic (exact) mass is 428 g/mol. The predicted molar refractivity (Wildman–Crippen MR) is 124 cm³/mol. The highest BCUT2D eigenvalue weighted by molar-refractivity contribution is 5.45. The van der Waals surface area contributed by atoms with Crippen molar-refractivity contribution in [3.63, 3.8) is 0 Å². The second-order valence-electron chi connectivity index (χ2n) is 12.6. The molecule has 1 saturated heterocycles. The van der Waals surface area contributed by atoms with Crippen LogP contribution in [0.2, 0.25) is 0 Å². The van der Waals surface area contributed by atoms with Crippen molar-refractivity contribution in [3.8, 4) is 0 Å². The Morgan fingerprint density at radius 2 is 1.74 bits per heavy atom. The highest BCUT2D eigenvalue weighted by Gasteiger charge is 2.76. The molecule has 1 heterocycles. The van der Waals surface area contributed by atoms with Crippen LogP contribution in [-0.4, -0.2) is 34.1 Å². The fourth-order valence-electron chi connectivity index (χ4n) is 8.47. The molecule has 2 saturated carbocycles. The zero-order valence-electron chi connectivity index (χ0n) is 20.5. The lowest BCUT2D eigenvalue weighted by molar-refractivity contribution is -0.000636. The maximum atomic E-state index is 11.5. The van der Waals surface area contributed by atoms with Gasteiger partial charge in [0.1, 0.15) is 17.8 Å². The third-order valence-corrected chi connectivity index (χ3v) is 10.9. The summed E-state index contributed by atoms with van der Waals surface area (Å²) in [6.07, 6.45) is 11.4. The van der Waals surface area contributed by atoms with E-state index in [1.807, 2.05) is 0 Å². The van der Waals surface area contributed by atoms with Crippen molar-refractivity contribution in [1.29, 1.82) is 0 Å². The number of aliphatic hydroxyl groups is 2. The van der Waals surface area contributed by atoms with Gasteiger partial charge in [0.2, 0.25) is 0 Å². The smallest absolute Gasteiger partial charge is 0.118 e. The molecule has 2 unspecified atom stereocenters. The Hall–Kier alpha value is -0.640. The molecule has 2 N–H and O–H groups in total. The third kappa shape index (κ3) is 2.95. The first-order valence-corrected chi connectivity index (χ1v) is 13.0. The summed E-state index contributed by atoms with van der Waals surface area (Å²) in [6, 6.07) is 0. The number of fused-ring (bicyclic) bond motifs is 3. The molecule has 0 aromatic rings. The number of hydrogen-bond acceptors (Lipinski definition) is 3. The van der Waals surface area contributed by atoms with Crippen LogP contribution < -0.4 is 0 Å². The van der Waals surface area contributed by atoms with Gasteiger partial charge in [-0.25, -0.2) is 0 Å². The van der Waals surface area contributed by atoms with Crippen LogP contribution in [-0.2, 0) is 4.74 Å². The maximum Gasteiger partial charge on any atom is 0.118 e. The van der Waals surface area contributed by atoms with Gasteiger partial charge in [-0.3, -0.25) is 0 Å². The molecule has 0 aromatic carbocycles. The topological polar surface area (TPSA) is 53.0 Å². The summed E-state index contributed by atoms with van der Waals surface area (Å²) in [7, 11) is 0. The molecular formula is C28H44O3. The number of epoxide rings is 1. The first-order chi connectivity index (χ1) is 14.5. The van der Waals surface area contributed by atoms with Gasteiger partial charge in [-0.15, -0.1) is 0 Å². The van der Waals surface area contributed by atoms with Crippen molar-refractivity contribution in [1.82, 2.24) is 0 Å². The van der Waals surface area contributed by atoms with Gasteiger partial charge in [0.15, 0.2) is 0 Å². The van der Waals surface area contributed by atoms with Crippen molar-refractivity contribution >= 4 is 0 Å². The van der Waals surface area contributed by atoms with Gasteiger partial charge in [0, 0.05) is 11.8 Å². The molecule has 5 rings (SSSR count). The van der Waals surface area contributed by atoms with Gasteiger partial charge >= 0.3 is 0 Å². The van der Waals surface area contributed by atoms with Gasteiger partial charge in [0.25, 0.3) is 0 Å². The summed E-state index contributed by atoms with van der Waals surface area (Å²) in [5.41, 5.74) is 2.84. The van der Waals surface area contributed by atoms with Crippen LogP contribution in [0.15, 0.2) is 23.3 Å². The van der Waals surface area contributed by atoms with E-state index < -0.39 is 6.10 Å². The largest absolute Gasteiger partial charge is 0.393 e. The fraction of sp³-hybridized carbons (Fsp3) is 0.857. The third-order valence-electron chi connectivity index (χ3n) is 10.9. The first kappa shape index (κ1) is 22.2. The van der Waals surface area contributed by atoms with Crippen molar-refractivity contribution in [2.45, 2.75) is 110 Å². The van der Waals surface area contributed by atoms with E-state index in [2.05, 4.69) is 53.7 Å². The summed E-state index contributed by atoms with van der Waals surface area (Å²) in [5, 5.41) is 21.9. The van der Waals surface area contributed by atoms with Crippen molar-refractivity contribution in [2.75, 3.05) is 0 Å². The second-order valence-corrected chi connectivity index (χ2v) is 12.6. The van der Waals surface area contributed by atoms with Gasteiger partial charge in [-0.2, -0.15) is 0 Å². The van der Waals surface area contributed by atoms with Gasteiger partial charge in [-0.1, -0.05) is 59.3 Å². The van der Waals surface area contributed by atoms with E-state index >= 15 is 0 Å². The molecule has 0 amide bonds. The standard InChI is InChI=1S/C28H44O3/c1-16(2)17(3)7-8-18(4)20-9-10-21-23-22(12-13-26(20,21)5)27(6)14-11-19(29)15-28(27)25(31-28)24(23)30/h7-8,16-21,24-25,29-30H,9-15H2,1-6H3/b8-7+/t17-,18-,19+,20?,21?,24+,25+,26-,27-,28+/m1/s1. The van der Waals surface area contributed by atoms with Crippen LogP contribution in [0.3, 0.4) is 0 Å². The van der Waals surface area contributed by atoms with Crippen LogP contribution in [0, 0.1) is 40.4 Å². The van der Waals surface area contributed by atoms with E-state index in [-0.39, 0.29) is 28.6 Å². The summed E-state index contributed by atoms with van der Waals surface area (Å²) < 4.78 is 6.33.